The largest absolute Gasteiger partial charge is 0.481 e. The van der Waals surface area contributed by atoms with Gasteiger partial charge in [-0.1, -0.05) is 30.3 Å². The van der Waals surface area contributed by atoms with Gasteiger partial charge in [-0.15, -0.1) is 0 Å². The monoisotopic (exact) mass is 238 g/mol. The number of aliphatic hydroxyl groups is 1. The van der Waals surface area contributed by atoms with Crippen molar-refractivity contribution in [3.8, 4) is 0 Å². The molecule has 0 saturated heterocycles. The summed E-state index contributed by atoms with van der Waals surface area (Å²) in [6, 6.07) is 7.18. The van der Waals surface area contributed by atoms with Crippen LogP contribution in [0.3, 0.4) is 0 Å². The molecule has 0 amide bonds. The molecule has 0 heterocycles. The normalized spacial score (nSPS) is 13.7. The van der Waals surface area contributed by atoms with Crippen LogP contribution in [0.15, 0.2) is 30.3 Å². The van der Waals surface area contributed by atoms with E-state index in [1.165, 1.54) is 24.3 Å². The van der Waals surface area contributed by atoms with Crippen LogP contribution in [0.1, 0.15) is 16.8 Å². The molecule has 0 aliphatic carbocycles. The van der Waals surface area contributed by atoms with Crippen LogP contribution in [0.2, 0.25) is 0 Å². The van der Waals surface area contributed by atoms with Gasteiger partial charge in [0.1, 0.15) is 0 Å². The molecule has 3 N–H and O–H groups in total. The number of rotatable bonds is 5. The van der Waals surface area contributed by atoms with Gasteiger partial charge in [0.2, 0.25) is 11.4 Å². The SMILES string of the molecule is O=C(O)CC(O)(C(=O)O)C(=O)c1ccccc1. The molecule has 6 heteroatoms. The third-order valence-electron chi connectivity index (χ3n) is 2.17. The summed E-state index contributed by atoms with van der Waals surface area (Å²) in [5.74, 6) is -4.60. The van der Waals surface area contributed by atoms with Crippen molar-refractivity contribution >= 4 is 17.7 Å². The van der Waals surface area contributed by atoms with E-state index in [9.17, 15) is 19.5 Å². The smallest absolute Gasteiger partial charge is 0.344 e. The van der Waals surface area contributed by atoms with Crippen LogP contribution in [0.5, 0.6) is 0 Å². The minimum atomic E-state index is -2.94. The average Bonchev–Trinajstić information content (AvgIpc) is 2.28. The first-order valence-corrected chi connectivity index (χ1v) is 4.65. The zero-order chi connectivity index (χ0) is 13.1. The number of hydrogen-bond donors (Lipinski definition) is 3. The van der Waals surface area contributed by atoms with Crippen molar-refractivity contribution in [2.75, 3.05) is 0 Å². The molecule has 17 heavy (non-hydrogen) atoms. The van der Waals surface area contributed by atoms with Crippen molar-refractivity contribution in [3.63, 3.8) is 0 Å². The molecule has 0 radical (unpaired) electrons. The summed E-state index contributed by atoms with van der Waals surface area (Å²) < 4.78 is 0. The quantitative estimate of drug-likeness (QED) is 0.497. The minimum Gasteiger partial charge on any atom is -0.481 e. The number of carbonyl (C=O) groups excluding carboxylic acids is 1. The predicted molar refractivity (Wildman–Crippen MR) is 55.6 cm³/mol. The van der Waals surface area contributed by atoms with Crippen molar-refractivity contribution in [1.29, 1.82) is 0 Å². The predicted octanol–water partition coefficient (Wildman–Crippen LogP) is 0.160. The van der Waals surface area contributed by atoms with E-state index in [-0.39, 0.29) is 5.56 Å². The number of benzene rings is 1. The molecule has 0 aliphatic heterocycles. The van der Waals surface area contributed by atoms with E-state index in [1.54, 1.807) is 6.07 Å². The first-order valence-electron chi connectivity index (χ1n) is 4.65. The van der Waals surface area contributed by atoms with Gasteiger partial charge in [0.25, 0.3) is 0 Å². The van der Waals surface area contributed by atoms with Crippen LogP contribution in [-0.2, 0) is 9.59 Å². The molecule has 0 spiro atoms. The van der Waals surface area contributed by atoms with Crippen molar-refractivity contribution in [3.05, 3.63) is 35.9 Å². The molecule has 90 valence electrons. The number of carboxylic acids is 2. The Morgan fingerprint density at radius 2 is 1.59 bits per heavy atom. The van der Waals surface area contributed by atoms with Gasteiger partial charge in [-0.3, -0.25) is 9.59 Å². The maximum absolute atomic E-state index is 11.7. The van der Waals surface area contributed by atoms with Crippen molar-refractivity contribution in [2.24, 2.45) is 0 Å². The van der Waals surface area contributed by atoms with Gasteiger partial charge in [0, 0.05) is 5.56 Å². The summed E-state index contributed by atoms with van der Waals surface area (Å²) in [5, 5.41) is 26.9. The van der Waals surface area contributed by atoms with Gasteiger partial charge in [0.05, 0.1) is 6.42 Å². The van der Waals surface area contributed by atoms with Gasteiger partial charge < -0.3 is 15.3 Å². The van der Waals surface area contributed by atoms with Crippen molar-refractivity contribution in [1.82, 2.24) is 0 Å². The van der Waals surface area contributed by atoms with Crippen LogP contribution in [-0.4, -0.2) is 38.6 Å². The van der Waals surface area contributed by atoms with Crippen LogP contribution in [0, 0.1) is 0 Å². The molecule has 0 saturated carbocycles. The average molecular weight is 238 g/mol. The van der Waals surface area contributed by atoms with Crippen molar-refractivity contribution in [2.45, 2.75) is 12.0 Å². The van der Waals surface area contributed by atoms with Gasteiger partial charge in [-0.25, -0.2) is 4.79 Å². The molecule has 0 fully saturated rings. The summed E-state index contributed by atoms with van der Waals surface area (Å²) >= 11 is 0. The van der Waals surface area contributed by atoms with Crippen LogP contribution in [0.25, 0.3) is 0 Å². The van der Waals surface area contributed by atoms with E-state index in [4.69, 9.17) is 10.2 Å². The molecule has 1 aromatic carbocycles. The molecule has 1 aromatic rings. The van der Waals surface area contributed by atoms with E-state index >= 15 is 0 Å². The van der Waals surface area contributed by atoms with Crippen LogP contribution in [0.4, 0.5) is 0 Å². The van der Waals surface area contributed by atoms with Gasteiger partial charge in [-0.2, -0.15) is 0 Å². The maximum atomic E-state index is 11.7. The molecular weight excluding hydrogens is 228 g/mol. The molecule has 1 atom stereocenters. The van der Waals surface area contributed by atoms with Crippen molar-refractivity contribution < 1.29 is 29.7 Å². The molecule has 0 bridgehead atoms. The third kappa shape index (κ3) is 2.67. The number of aliphatic carboxylic acids is 2. The van der Waals surface area contributed by atoms with Gasteiger partial charge >= 0.3 is 11.9 Å². The topological polar surface area (TPSA) is 112 Å². The highest BCUT2D eigenvalue weighted by atomic mass is 16.4. The Bertz CT molecular complexity index is 452. The van der Waals surface area contributed by atoms with E-state index < -0.39 is 29.7 Å². The van der Waals surface area contributed by atoms with E-state index in [1.807, 2.05) is 0 Å². The lowest BCUT2D eigenvalue weighted by atomic mass is 9.90. The highest BCUT2D eigenvalue weighted by Crippen LogP contribution is 2.18. The Labute approximate surface area is 96.1 Å². The summed E-state index contributed by atoms with van der Waals surface area (Å²) in [4.78, 5) is 33.1. The molecule has 1 rings (SSSR count). The molecule has 1 unspecified atom stereocenters. The molecule has 6 nitrogen and oxygen atoms in total. The first kappa shape index (κ1) is 12.9. The number of Topliss-reactive ketones (excluding diaryl/α,β-unsaturated/α-hetero) is 1. The Balaban J connectivity index is 3.12. The summed E-state index contributed by atoms with van der Waals surface area (Å²) in [6.07, 6.45) is -1.18. The second-order valence-electron chi connectivity index (χ2n) is 3.43. The number of hydrogen-bond acceptors (Lipinski definition) is 4. The maximum Gasteiger partial charge on any atom is 0.344 e. The van der Waals surface area contributed by atoms with Gasteiger partial charge in [0.15, 0.2) is 0 Å². The zero-order valence-electron chi connectivity index (χ0n) is 8.66. The van der Waals surface area contributed by atoms with E-state index in [0.29, 0.717) is 0 Å². The fourth-order valence-corrected chi connectivity index (χ4v) is 1.30. The number of carbonyl (C=O) groups is 3. The second kappa shape index (κ2) is 4.75. The lowest BCUT2D eigenvalue weighted by Crippen LogP contribution is -2.48. The lowest BCUT2D eigenvalue weighted by molar-refractivity contribution is -0.159. The highest BCUT2D eigenvalue weighted by Gasteiger charge is 2.46. The Morgan fingerprint density at radius 1 is 1.06 bits per heavy atom. The Hall–Kier alpha value is -2.21. The van der Waals surface area contributed by atoms with Gasteiger partial charge in [-0.05, 0) is 0 Å². The highest BCUT2D eigenvalue weighted by molar-refractivity contribution is 6.16. The standard InChI is InChI=1S/C11H10O6/c12-8(13)6-11(17,10(15)16)9(14)7-4-2-1-3-5-7/h1-5,17H,6H2,(H,12,13)(H,15,16). The van der Waals surface area contributed by atoms with Crippen LogP contribution >= 0.6 is 0 Å². The third-order valence-corrected chi connectivity index (χ3v) is 2.17. The Kier molecular flexibility index (Phi) is 3.59. The Morgan fingerprint density at radius 3 is 2.00 bits per heavy atom. The zero-order valence-corrected chi connectivity index (χ0v) is 8.66. The second-order valence-corrected chi connectivity index (χ2v) is 3.43. The first-order chi connectivity index (χ1) is 7.88. The molecular formula is C11H10O6. The minimum absolute atomic E-state index is 0.0568. The lowest BCUT2D eigenvalue weighted by Gasteiger charge is -2.19. The number of ketones is 1. The van der Waals surface area contributed by atoms with E-state index in [2.05, 4.69) is 0 Å². The fraction of sp³-hybridized carbons (Fsp3) is 0.182. The summed E-state index contributed by atoms with van der Waals surface area (Å²) in [7, 11) is 0. The summed E-state index contributed by atoms with van der Waals surface area (Å²) in [6.45, 7) is 0. The van der Waals surface area contributed by atoms with E-state index in [0.717, 1.165) is 0 Å². The summed E-state index contributed by atoms with van der Waals surface area (Å²) in [5.41, 5.74) is -2.99. The molecule has 0 aromatic heterocycles. The molecule has 0 aliphatic rings. The van der Waals surface area contributed by atoms with Crippen LogP contribution < -0.4 is 0 Å². The fourth-order valence-electron chi connectivity index (χ4n) is 1.30. The number of carboxylic acid groups (broad SMARTS) is 2.